The zero-order chi connectivity index (χ0) is 14.7. The molecule has 20 heavy (non-hydrogen) atoms. The van der Waals surface area contributed by atoms with Gasteiger partial charge >= 0.3 is 12.0 Å². The van der Waals surface area contributed by atoms with Crippen molar-refractivity contribution in [1.82, 2.24) is 4.90 Å². The Kier molecular flexibility index (Phi) is 4.16. The fourth-order valence-electron chi connectivity index (χ4n) is 2.12. The van der Waals surface area contributed by atoms with Crippen LogP contribution in [0.3, 0.4) is 0 Å². The van der Waals surface area contributed by atoms with Crippen LogP contribution in [0.1, 0.15) is 12.8 Å². The summed E-state index contributed by atoms with van der Waals surface area (Å²) in [7, 11) is 0. The van der Waals surface area contributed by atoms with Gasteiger partial charge in [-0.3, -0.25) is 4.79 Å². The van der Waals surface area contributed by atoms with Crippen LogP contribution in [0.25, 0.3) is 0 Å². The summed E-state index contributed by atoms with van der Waals surface area (Å²) >= 11 is 0. The highest BCUT2D eigenvalue weighted by Gasteiger charge is 2.27. The van der Waals surface area contributed by atoms with Crippen molar-refractivity contribution in [2.45, 2.75) is 12.8 Å². The number of nitrogens with one attached hydrogen (secondary N) is 1. The molecule has 0 unspecified atom stereocenters. The van der Waals surface area contributed by atoms with E-state index in [0.29, 0.717) is 12.8 Å². The number of piperidine rings is 1. The van der Waals surface area contributed by atoms with Crippen molar-refractivity contribution in [2.75, 3.05) is 18.4 Å². The zero-order valence-corrected chi connectivity index (χ0v) is 10.6. The number of hydrogen-bond acceptors (Lipinski definition) is 2. The van der Waals surface area contributed by atoms with Gasteiger partial charge in [0.25, 0.3) is 0 Å². The summed E-state index contributed by atoms with van der Waals surface area (Å²) in [5.74, 6) is -3.47. The molecule has 0 aliphatic carbocycles. The molecule has 0 spiro atoms. The quantitative estimate of drug-likeness (QED) is 0.875. The molecule has 0 aromatic heterocycles. The van der Waals surface area contributed by atoms with Gasteiger partial charge in [0.2, 0.25) is 0 Å². The minimum absolute atomic E-state index is 0.227. The molecule has 1 aliphatic heterocycles. The lowest BCUT2D eigenvalue weighted by Gasteiger charge is -2.30. The minimum Gasteiger partial charge on any atom is -0.481 e. The average molecular weight is 284 g/mol. The number of likely N-dealkylation sites (tertiary alicyclic amines) is 1. The van der Waals surface area contributed by atoms with Crippen molar-refractivity contribution in [2.24, 2.45) is 5.92 Å². The highest BCUT2D eigenvalue weighted by molar-refractivity contribution is 5.89. The number of aliphatic carboxylic acids is 1. The van der Waals surface area contributed by atoms with Gasteiger partial charge in [-0.25, -0.2) is 13.6 Å². The summed E-state index contributed by atoms with van der Waals surface area (Å²) < 4.78 is 26.4. The molecule has 1 aromatic rings. The molecular weight excluding hydrogens is 270 g/mol. The van der Waals surface area contributed by atoms with Crippen LogP contribution in [0.4, 0.5) is 19.3 Å². The van der Waals surface area contributed by atoms with E-state index in [0.717, 1.165) is 6.07 Å². The molecule has 1 aliphatic rings. The number of benzene rings is 1. The standard InChI is InChI=1S/C13H14F2N2O3/c14-9-2-1-3-10(11(9)15)16-13(20)17-6-4-8(5-7-17)12(18)19/h1-3,8H,4-7H2,(H,16,20)(H,18,19). The van der Waals surface area contributed by atoms with Crippen molar-refractivity contribution in [3.63, 3.8) is 0 Å². The number of rotatable bonds is 2. The number of nitrogens with zero attached hydrogens (tertiary/aromatic N) is 1. The van der Waals surface area contributed by atoms with Crippen molar-refractivity contribution < 1.29 is 23.5 Å². The highest BCUT2D eigenvalue weighted by atomic mass is 19.2. The first-order valence-electron chi connectivity index (χ1n) is 6.22. The molecule has 108 valence electrons. The highest BCUT2D eigenvalue weighted by Crippen LogP contribution is 2.20. The van der Waals surface area contributed by atoms with Crippen LogP contribution >= 0.6 is 0 Å². The Balaban J connectivity index is 1.96. The number of carboxylic acids is 1. The molecule has 0 saturated carbocycles. The Morgan fingerprint density at radius 1 is 1.25 bits per heavy atom. The van der Waals surface area contributed by atoms with Gasteiger partial charge < -0.3 is 15.3 Å². The first-order valence-corrected chi connectivity index (χ1v) is 6.22. The summed E-state index contributed by atoms with van der Waals surface area (Å²) in [6.07, 6.45) is 0.711. The number of carbonyl (C=O) groups is 2. The first-order chi connectivity index (χ1) is 9.49. The van der Waals surface area contributed by atoms with Crippen molar-refractivity contribution >= 4 is 17.7 Å². The topological polar surface area (TPSA) is 69.6 Å². The van der Waals surface area contributed by atoms with Gasteiger partial charge in [-0.05, 0) is 25.0 Å². The summed E-state index contributed by atoms with van der Waals surface area (Å²) in [6.45, 7) is 0.555. The maximum atomic E-state index is 13.4. The van der Waals surface area contributed by atoms with Crippen LogP contribution < -0.4 is 5.32 Å². The van der Waals surface area contributed by atoms with Crippen LogP contribution in [0, 0.1) is 17.6 Å². The summed E-state index contributed by atoms with van der Waals surface area (Å²) in [5, 5.41) is 11.1. The maximum Gasteiger partial charge on any atom is 0.321 e. The second kappa shape index (κ2) is 5.85. The zero-order valence-electron chi connectivity index (χ0n) is 10.6. The summed E-state index contributed by atoms with van der Waals surface area (Å²) in [5.41, 5.74) is -0.227. The van der Waals surface area contributed by atoms with Crippen LogP contribution in [-0.4, -0.2) is 35.1 Å². The number of urea groups is 1. The SMILES string of the molecule is O=C(O)C1CCN(C(=O)Nc2cccc(F)c2F)CC1. The van der Waals surface area contributed by atoms with Crippen molar-refractivity contribution in [3.8, 4) is 0 Å². The molecular formula is C13H14F2N2O3. The van der Waals surface area contributed by atoms with E-state index in [4.69, 9.17) is 5.11 Å². The molecule has 2 rings (SSSR count). The molecule has 2 amide bonds. The predicted octanol–water partition coefficient (Wildman–Crippen LogP) is 2.29. The molecule has 1 saturated heterocycles. The average Bonchev–Trinajstić information content (AvgIpc) is 2.44. The van der Waals surface area contributed by atoms with Gasteiger partial charge in [-0.15, -0.1) is 0 Å². The van der Waals surface area contributed by atoms with Crippen LogP contribution in [-0.2, 0) is 4.79 Å². The predicted molar refractivity (Wildman–Crippen MR) is 67.3 cm³/mol. The van der Waals surface area contributed by atoms with E-state index < -0.39 is 29.6 Å². The molecule has 5 nitrogen and oxygen atoms in total. The van der Waals surface area contributed by atoms with E-state index in [2.05, 4.69) is 5.32 Å². The van der Waals surface area contributed by atoms with Gasteiger partial charge in [-0.1, -0.05) is 6.07 Å². The van der Waals surface area contributed by atoms with E-state index in [1.165, 1.54) is 17.0 Å². The lowest BCUT2D eigenvalue weighted by atomic mass is 9.97. The van der Waals surface area contributed by atoms with Crippen LogP contribution in [0.5, 0.6) is 0 Å². The van der Waals surface area contributed by atoms with Crippen molar-refractivity contribution in [1.29, 1.82) is 0 Å². The minimum atomic E-state index is -1.11. The van der Waals surface area contributed by atoms with E-state index >= 15 is 0 Å². The van der Waals surface area contributed by atoms with E-state index in [9.17, 15) is 18.4 Å². The fourth-order valence-corrected chi connectivity index (χ4v) is 2.12. The van der Waals surface area contributed by atoms with Gasteiger partial charge in [-0.2, -0.15) is 0 Å². The molecule has 1 aromatic carbocycles. The number of carboxylic acid groups (broad SMARTS) is 1. The lowest BCUT2D eigenvalue weighted by Crippen LogP contribution is -2.42. The first kappa shape index (κ1) is 14.2. The number of anilines is 1. The number of amides is 2. The molecule has 1 heterocycles. The third-order valence-electron chi connectivity index (χ3n) is 3.32. The van der Waals surface area contributed by atoms with E-state index in [1.807, 2.05) is 0 Å². The fraction of sp³-hybridized carbons (Fsp3) is 0.385. The van der Waals surface area contributed by atoms with E-state index in [1.54, 1.807) is 0 Å². The monoisotopic (exact) mass is 284 g/mol. The Morgan fingerprint density at radius 3 is 2.50 bits per heavy atom. The Morgan fingerprint density at radius 2 is 1.90 bits per heavy atom. The molecule has 2 N–H and O–H groups in total. The lowest BCUT2D eigenvalue weighted by molar-refractivity contribution is -0.143. The summed E-state index contributed by atoms with van der Waals surface area (Å²) in [6, 6.07) is 2.97. The maximum absolute atomic E-state index is 13.4. The Labute approximate surface area is 114 Å². The number of halogens is 2. The Bertz CT molecular complexity index is 528. The third kappa shape index (κ3) is 3.04. The van der Waals surface area contributed by atoms with E-state index in [-0.39, 0.29) is 18.8 Å². The second-order valence-electron chi connectivity index (χ2n) is 4.63. The van der Waals surface area contributed by atoms with Gasteiger partial charge in [0.1, 0.15) is 0 Å². The molecule has 7 heteroatoms. The molecule has 0 bridgehead atoms. The number of hydrogen-bond donors (Lipinski definition) is 2. The Hall–Kier alpha value is -2.18. The largest absolute Gasteiger partial charge is 0.481 e. The molecule has 1 fully saturated rings. The van der Waals surface area contributed by atoms with Gasteiger partial charge in [0.05, 0.1) is 11.6 Å². The second-order valence-corrected chi connectivity index (χ2v) is 4.63. The van der Waals surface area contributed by atoms with Crippen molar-refractivity contribution in [3.05, 3.63) is 29.8 Å². The van der Waals surface area contributed by atoms with Crippen LogP contribution in [0.2, 0.25) is 0 Å². The smallest absolute Gasteiger partial charge is 0.321 e. The molecule has 0 radical (unpaired) electrons. The van der Waals surface area contributed by atoms with Crippen LogP contribution in [0.15, 0.2) is 18.2 Å². The molecule has 0 atom stereocenters. The normalized spacial score (nSPS) is 16.0. The third-order valence-corrected chi connectivity index (χ3v) is 3.32. The summed E-state index contributed by atoms with van der Waals surface area (Å²) in [4.78, 5) is 24.1. The van der Waals surface area contributed by atoms with Gasteiger partial charge in [0.15, 0.2) is 11.6 Å². The number of carbonyl (C=O) groups excluding carboxylic acids is 1. The van der Waals surface area contributed by atoms with Gasteiger partial charge in [0, 0.05) is 13.1 Å².